The predicted octanol–water partition coefficient (Wildman–Crippen LogP) is 4.35. The third-order valence-electron chi connectivity index (χ3n) is 4.77. The summed E-state index contributed by atoms with van der Waals surface area (Å²) in [4.78, 5) is 14.8. The Kier molecular flexibility index (Phi) is 5.71. The van der Waals surface area contributed by atoms with Gasteiger partial charge in [-0.25, -0.2) is 4.39 Å². The van der Waals surface area contributed by atoms with Gasteiger partial charge in [-0.2, -0.15) is 0 Å². The number of likely N-dealkylation sites (tertiary alicyclic amines) is 1. The third-order valence-corrected chi connectivity index (χ3v) is 5.09. The quantitative estimate of drug-likeness (QED) is 0.859. The maximum atomic E-state index is 14.0. The van der Waals surface area contributed by atoms with Crippen molar-refractivity contribution >= 4 is 17.5 Å². The Morgan fingerprint density at radius 1 is 1.20 bits per heavy atom. The number of nitrogens with zero attached hydrogens (tertiary/aromatic N) is 1. The summed E-state index contributed by atoms with van der Waals surface area (Å²) in [5.41, 5.74) is 2.30. The summed E-state index contributed by atoms with van der Waals surface area (Å²) in [6.07, 6.45) is 2.32. The van der Waals surface area contributed by atoms with Crippen LogP contribution in [-0.2, 0) is 0 Å². The first-order valence-electron chi connectivity index (χ1n) is 8.59. The average molecular weight is 361 g/mol. The lowest BCUT2D eigenvalue weighted by atomic mass is 10.00. The molecule has 2 aromatic carbocycles. The Labute approximate surface area is 152 Å². The first kappa shape index (κ1) is 17.9. The van der Waals surface area contributed by atoms with Crippen molar-refractivity contribution in [1.29, 1.82) is 0 Å². The smallest absolute Gasteiger partial charge is 0.255 e. The van der Waals surface area contributed by atoms with Gasteiger partial charge in [-0.05, 0) is 56.1 Å². The summed E-state index contributed by atoms with van der Waals surface area (Å²) in [6, 6.07) is 12.6. The van der Waals surface area contributed by atoms with Crippen molar-refractivity contribution in [2.24, 2.45) is 0 Å². The highest BCUT2D eigenvalue weighted by Crippen LogP contribution is 2.27. The number of halogens is 2. The zero-order valence-electron chi connectivity index (χ0n) is 14.3. The van der Waals surface area contributed by atoms with E-state index in [1.807, 2.05) is 12.1 Å². The fourth-order valence-corrected chi connectivity index (χ4v) is 3.69. The van der Waals surface area contributed by atoms with Crippen LogP contribution in [0.2, 0.25) is 5.02 Å². The molecule has 1 unspecified atom stereocenters. The minimum Gasteiger partial charge on any atom is -0.350 e. The molecule has 5 heteroatoms. The van der Waals surface area contributed by atoms with Crippen LogP contribution in [0.1, 0.15) is 40.4 Å². The van der Waals surface area contributed by atoms with E-state index in [4.69, 9.17) is 11.6 Å². The number of carbonyl (C=O) groups is 1. The molecule has 0 radical (unpaired) electrons. The number of hydrogen-bond donors (Lipinski definition) is 1. The van der Waals surface area contributed by atoms with E-state index >= 15 is 0 Å². The maximum absolute atomic E-state index is 14.0. The molecule has 0 aromatic heterocycles. The predicted molar refractivity (Wildman–Crippen MR) is 98.5 cm³/mol. The molecular formula is C20H22ClFN2O. The molecule has 1 aliphatic heterocycles. The van der Waals surface area contributed by atoms with Gasteiger partial charge in [0.15, 0.2) is 0 Å². The van der Waals surface area contributed by atoms with E-state index in [0.29, 0.717) is 6.54 Å². The lowest BCUT2D eigenvalue weighted by Crippen LogP contribution is -2.37. The number of carbonyl (C=O) groups excluding carboxylic acids is 1. The van der Waals surface area contributed by atoms with Crippen molar-refractivity contribution in [2.75, 3.05) is 19.6 Å². The molecule has 1 aliphatic rings. The van der Waals surface area contributed by atoms with Crippen LogP contribution >= 0.6 is 11.6 Å². The molecule has 2 aromatic rings. The maximum Gasteiger partial charge on any atom is 0.255 e. The van der Waals surface area contributed by atoms with E-state index in [0.717, 1.165) is 25.9 Å². The lowest BCUT2D eigenvalue weighted by Gasteiger charge is -2.29. The van der Waals surface area contributed by atoms with E-state index in [9.17, 15) is 9.18 Å². The van der Waals surface area contributed by atoms with Crippen molar-refractivity contribution in [3.05, 3.63) is 70.0 Å². The molecule has 0 bridgehead atoms. The highest BCUT2D eigenvalue weighted by atomic mass is 35.5. The van der Waals surface area contributed by atoms with Crippen LogP contribution in [0.15, 0.2) is 42.5 Å². The van der Waals surface area contributed by atoms with Crippen molar-refractivity contribution in [2.45, 2.75) is 25.8 Å². The van der Waals surface area contributed by atoms with Crippen LogP contribution in [-0.4, -0.2) is 30.4 Å². The molecule has 0 aliphatic carbocycles. The Balaban J connectivity index is 1.79. The standard InChI is InChI=1S/C20H22ClFN2O/c1-14-7-2-3-8-15(14)18(24-11-4-5-12-24)13-23-20(25)19-16(21)9-6-10-17(19)22/h2-3,6-10,18H,4-5,11-13H2,1H3,(H,23,25). The van der Waals surface area contributed by atoms with Gasteiger partial charge in [-0.1, -0.05) is 41.9 Å². The number of rotatable bonds is 5. The van der Waals surface area contributed by atoms with Gasteiger partial charge in [-0.3, -0.25) is 9.69 Å². The Morgan fingerprint density at radius 2 is 1.92 bits per heavy atom. The number of benzene rings is 2. The van der Waals surface area contributed by atoms with Crippen molar-refractivity contribution < 1.29 is 9.18 Å². The van der Waals surface area contributed by atoms with Gasteiger partial charge < -0.3 is 5.32 Å². The van der Waals surface area contributed by atoms with E-state index in [1.165, 1.54) is 29.3 Å². The molecule has 1 amide bonds. The van der Waals surface area contributed by atoms with E-state index < -0.39 is 11.7 Å². The van der Waals surface area contributed by atoms with E-state index in [1.54, 1.807) is 0 Å². The molecule has 1 heterocycles. The molecule has 0 saturated carbocycles. The molecule has 1 N–H and O–H groups in total. The monoisotopic (exact) mass is 360 g/mol. The number of nitrogens with one attached hydrogen (secondary N) is 1. The van der Waals surface area contributed by atoms with Gasteiger partial charge in [0.2, 0.25) is 0 Å². The SMILES string of the molecule is Cc1ccccc1C(CNC(=O)c1c(F)cccc1Cl)N1CCCC1. The highest BCUT2D eigenvalue weighted by Gasteiger charge is 2.26. The van der Waals surface area contributed by atoms with Crippen molar-refractivity contribution in [1.82, 2.24) is 10.2 Å². The summed E-state index contributed by atoms with van der Waals surface area (Å²) in [5, 5.41) is 3.01. The molecule has 3 rings (SSSR count). The molecular weight excluding hydrogens is 339 g/mol. The second kappa shape index (κ2) is 7.98. The van der Waals surface area contributed by atoms with Crippen LogP contribution in [0, 0.1) is 12.7 Å². The Hall–Kier alpha value is -1.91. The van der Waals surface area contributed by atoms with Crippen molar-refractivity contribution in [3.63, 3.8) is 0 Å². The topological polar surface area (TPSA) is 32.3 Å². The largest absolute Gasteiger partial charge is 0.350 e. The van der Waals surface area contributed by atoms with Crippen LogP contribution in [0.5, 0.6) is 0 Å². The second-order valence-corrected chi connectivity index (χ2v) is 6.83. The van der Waals surface area contributed by atoms with Gasteiger partial charge >= 0.3 is 0 Å². The molecule has 1 atom stereocenters. The fourth-order valence-electron chi connectivity index (χ4n) is 3.44. The molecule has 1 fully saturated rings. The van der Waals surface area contributed by atoms with Gasteiger partial charge in [0.05, 0.1) is 16.6 Å². The fraction of sp³-hybridized carbons (Fsp3) is 0.350. The molecule has 132 valence electrons. The molecule has 1 saturated heterocycles. The van der Waals surface area contributed by atoms with Gasteiger partial charge in [-0.15, -0.1) is 0 Å². The van der Waals surface area contributed by atoms with E-state index in [2.05, 4.69) is 29.3 Å². The molecule has 0 spiro atoms. The minimum absolute atomic E-state index is 0.0817. The first-order valence-corrected chi connectivity index (χ1v) is 8.97. The average Bonchev–Trinajstić information content (AvgIpc) is 3.11. The minimum atomic E-state index is -0.599. The van der Waals surface area contributed by atoms with E-state index in [-0.39, 0.29) is 16.6 Å². The number of aryl methyl sites for hydroxylation is 1. The summed E-state index contributed by atoms with van der Waals surface area (Å²) >= 11 is 6.00. The zero-order valence-corrected chi connectivity index (χ0v) is 15.0. The van der Waals surface area contributed by atoms with Crippen LogP contribution < -0.4 is 5.32 Å². The highest BCUT2D eigenvalue weighted by molar-refractivity contribution is 6.33. The third kappa shape index (κ3) is 4.02. The number of amides is 1. The summed E-state index contributed by atoms with van der Waals surface area (Å²) in [5.74, 6) is -1.07. The van der Waals surface area contributed by atoms with Gasteiger partial charge in [0.1, 0.15) is 5.82 Å². The van der Waals surface area contributed by atoms with Crippen LogP contribution in [0.3, 0.4) is 0 Å². The second-order valence-electron chi connectivity index (χ2n) is 6.42. The molecule has 25 heavy (non-hydrogen) atoms. The number of hydrogen-bond acceptors (Lipinski definition) is 2. The summed E-state index contributed by atoms with van der Waals surface area (Å²) in [7, 11) is 0. The molecule has 3 nitrogen and oxygen atoms in total. The first-order chi connectivity index (χ1) is 12.1. The van der Waals surface area contributed by atoms with Crippen LogP contribution in [0.25, 0.3) is 0 Å². The normalized spacial score (nSPS) is 16.0. The van der Waals surface area contributed by atoms with Crippen molar-refractivity contribution in [3.8, 4) is 0 Å². The Bertz CT molecular complexity index is 739. The van der Waals surface area contributed by atoms with Crippen LogP contribution in [0.4, 0.5) is 4.39 Å². The summed E-state index contributed by atoms with van der Waals surface area (Å²) in [6.45, 7) is 4.52. The lowest BCUT2D eigenvalue weighted by molar-refractivity contribution is 0.0934. The van der Waals surface area contributed by atoms with Gasteiger partial charge in [0.25, 0.3) is 5.91 Å². The Morgan fingerprint density at radius 3 is 2.60 bits per heavy atom. The summed E-state index contributed by atoms with van der Waals surface area (Å²) < 4.78 is 14.0. The zero-order chi connectivity index (χ0) is 17.8. The van der Waals surface area contributed by atoms with Gasteiger partial charge in [0, 0.05) is 6.54 Å².